The van der Waals surface area contributed by atoms with Gasteiger partial charge in [0.25, 0.3) is 0 Å². The molecular weight excluding hydrogens is 701 g/mol. The molecule has 2 nitrogen and oxygen atoms in total. The number of hydrogen-bond acceptors (Lipinski definition) is 1. The molecule has 276 valence electrons. The molecule has 1 heterocycles. The minimum Gasteiger partial charge on any atom is -0.296 e. The summed E-state index contributed by atoms with van der Waals surface area (Å²) < 4.78 is 2.31. The van der Waals surface area contributed by atoms with Gasteiger partial charge in [0.1, 0.15) is 5.82 Å². The smallest absolute Gasteiger partial charge is 0.114 e. The molecule has 10 aromatic rings. The number of aromatic nitrogens is 2. The van der Waals surface area contributed by atoms with E-state index in [-0.39, 0.29) is 5.41 Å². The molecule has 0 unspecified atom stereocenters. The Morgan fingerprint density at radius 1 is 0.431 bits per heavy atom. The zero-order chi connectivity index (χ0) is 39.0. The number of hydrogen-bond donors (Lipinski definition) is 0. The number of para-hydroxylation sites is 2. The van der Waals surface area contributed by atoms with Crippen molar-refractivity contribution in [2.45, 2.75) is 32.6 Å². The van der Waals surface area contributed by atoms with Gasteiger partial charge in [0.05, 0.1) is 11.0 Å². The van der Waals surface area contributed by atoms with Crippen molar-refractivity contribution in [3.05, 3.63) is 205 Å². The first-order valence-electron chi connectivity index (χ1n) is 20.4. The van der Waals surface area contributed by atoms with Crippen molar-refractivity contribution < 1.29 is 0 Å². The van der Waals surface area contributed by atoms with E-state index in [2.05, 4.69) is 213 Å². The van der Waals surface area contributed by atoms with E-state index in [1.165, 1.54) is 88.3 Å². The van der Waals surface area contributed by atoms with Crippen LogP contribution in [0.3, 0.4) is 0 Å². The molecule has 0 spiro atoms. The molecule has 0 aliphatic heterocycles. The lowest BCUT2D eigenvalue weighted by Gasteiger charge is -2.23. The molecule has 0 bridgehead atoms. The summed E-state index contributed by atoms with van der Waals surface area (Å²) >= 11 is 0. The van der Waals surface area contributed by atoms with Gasteiger partial charge in [0.2, 0.25) is 0 Å². The normalized spacial score (nSPS) is 12.9. The van der Waals surface area contributed by atoms with Crippen LogP contribution in [0.1, 0.15) is 37.7 Å². The third kappa shape index (κ3) is 5.22. The first-order chi connectivity index (χ1) is 28.5. The molecule has 1 aliphatic rings. The van der Waals surface area contributed by atoms with E-state index < -0.39 is 0 Å². The van der Waals surface area contributed by atoms with Crippen molar-refractivity contribution in [3.8, 4) is 61.3 Å². The van der Waals surface area contributed by atoms with Crippen molar-refractivity contribution in [2.75, 3.05) is 0 Å². The molecule has 0 saturated carbocycles. The van der Waals surface area contributed by atoms with Crippen molar-refractivity contribution in [2.24, 2.45) is 0 Å². The molecule has 2 heteroatoms. The third-order valence-electron chi connectivity index (χ3n) is 12.5. The fraction of sp³-hybridized carbons (Fsp3) is 0.0893. The van der Waals surface area contributed by atoms with Gasteiger partial charge in [-0.3, -0.25) is 4.57 Å². The predicted octanol–water partition coefficient (Wildman–Crippen LogP) is 14.9. The average molecular weight is 743 g/mol. The summed E-state index contributed by atoms with van der Waals surface area (Å²) in [6.45, 7) is 6.92. The van der Waals surface area contributed by atoms with Gasteiger partial charge in [-0.05, 0) is 125 Å². The highest BCUT2D eigenvalue weighted by Crippen LogP contribution is 2.54. The van der Waals surface area contributed by atoms with Gasteiger partial charge in [-0.1, -0.05) is 172 Å². The fourth-order valence-corrected chi connectivity index (χ4v) is 9.83. The molecule has 1 aliphatic carbocycles. The summed E-state index contributed by atoms with van der Waals surface area (Å²) in [7, 11) is 0. The van der Waals surface area contributed by atoms with Crippen LogP contribution in [-0.4, -0.2) is 9.55 Å². The van der Waals surface area contributed by atoms with Crippen molar-refractivity contribution in [1.29, 1.82) is 0 Å². The van der Waals surface area contributed by atoms with Gasteiger partial charge in [-0.15, -0.1) is 0 Å². The van der Waals surface area contributed by atoms with Crippen LogP contribution in [0.2, 0.25) is 0 Å². The second-order valence-corrected chi connectivity index (χ2v) is 16.2. The molecule has 0 amide bonds. The number of nitrogens with zero attached hydrogens (tertiary/aromatic N) is 2. The van der Waals surface area contributed by atoms with E-state index in [1.807, 2.05) is 0 Å². The minimum absolute atomic E-state index is 0.0938. The van der Waals surface area contributed by atoms with Crippen LogP contribution >= 0.6 is 0 Å². The lowest BCUT2D eigenvalue weighted by molar-refractivity contribution is 0.660. The monoisotopic (exact) mass is 742 g/mol. The number of aryl methyl sites for hydroxylation is 1. The molecule has 11 rings (SSSR count). The average Bonchev–Trinajstić information content (AvgIpc) is 3.78. The summed E-state index contributed by atoms with van der Waals surface area (Å²) in [6, 6.07) is 69.4. The van der Waals surface area contributed by atoms with Crippen molar-refractivity contribution >= 4 is 32.6 Å². The first kappa shape index (κ1) is 34.2. The van der Waals surface area contributed by atoms with Crippen LogP contribution in [0.5, 0.6) is 0 Å². The van der Waals surface area contributed by atoms with Crippen LogP contribution in [0.15, 0.2) is 188 Å². The van der Waals surface area contributed by atoms with Gasteiger partial charge in [0.15, 0.2) is 0 Å². The number of fused-ring (bicyclic) bond motifs is 6. The Hall–Kier alpha value is -7.03. The van der Waals surface area contributed by atoms with E-state index in [1.54, 1.807) is 0 Å². The number of rotatable bonds is 6. The van der Waals surface area contributed by atoms with Gasteiger partial charge in [-0.2, -0.15) is 0 Å². The highest BCUT2D eigenvalue weighted by atomic mass is 15.1. The molecule has 0 saturated heterocycles. The first-order valence-corrected chi connectivity index (χ1v) is 20.4. The molecule has 0 radical (unpaired) electrons. The van der Waals surface area contributed by atoms with Crippen LogP contribution in [0.25, 0.3) is 93.9 Å². The Bertz CT molecular complexity index is 3240. The maximum absolute atomic E-state index is 4.98. The summed E-state index contributed by atoms with van der Waals surface area (Å²) in [5.41, 5.74) is 18.5. The highest BCUT2D eigenvalue weighted by molar-refractivity contribution is 6.23. The fourth-order valence-electron chi connectivity index (χ4n) is 9.83. The second-order valence-electron chi connectivity index (χ2n) is 16.2. The van der Waals surface area contributed by atoms with Gasteiger partial charge in [0, 0.05) is 17.5 Å². The standard InChI is InChI=1S/C56H42N2/c1-4-52-57-50-29-12-13-30-51(50)58(52)41-22-15-20-38(34-41)37-19-14-21-40(33-37)53-42-23-8-9-24-43(42)54(47-35-39(31-32-44(47)53)36-17-6-5-7-18-36)46-26-16-28-49-55(46)45-25-10-11-27-48(45)56(49,2)3/h5-35H,4H2,1-3H3. The van der Waals surface area contributed by atoms with Crippen molar-refractivity contribution in [3.63, 3.8) is 0 Å². The maximum Gasteiger partial charge on any atom is 0.114 e. The van der Waals surface area contributed by atoms with Gasteiger partial charge >= 0.3 is 0 Å². The largest absolute Gasteiger partial charge is 0.296 e. The third-order valence-corrected chi connectivity index (χ3v) is 12.5. The predicted molar refractivity (Wildman–Crippen MR) is 245 cm³/mol. The van der Waals surface area contributed by atoms with Crippen LogP contribution in [0, 0.1) is 0 Å². The zero-order valence-corrected chi connectivity index (χ0v) is 33.0. The Morgan fingerprint density at radius 3 is 1.88 bits per heavy atom. The van der Waals surface area contributed by atoms with Crippen LogP contribution < -0.4 is 0 Å². The lowest BCUT2D eigenvalue weighted by Crippen LogP contribution is -2.14. The quantitative estimate of drug-likeness (QED) is 0.155. The zero-order valence-electron chi connectivity index (χ0n) is 33.0. The molecule has 0 N–H and O–H groups in total. The Labute approximate surface area is 339 Å². The second kappa shape index (κ2) is 13.3. The molecule has 1 aromatic heterocycles. The minimum atomic E-state index is -0.0938. The topological polar surface area (TPSA) is 17.8 Å². The summed E-state index contributed by atoms with van der Waals surface area (Å²) in [5, 5.41) is 5.03. The van der Waals surface area contributed by atoms with E-state index in [0.717, 1.165) is 29.0 Å². The number of imidazole rings is 1. The molecule has 0 atom stereocenters. The summed E-state index contributed by atoms with van der Waals surface area (Å²) in [5.74, 6) is 1.07. The van der Waals surface area contributed by atoms with E-state index >= 15 is 0 Å². The van der Waals surface area contributed by atoms with Crippen LogP contribution in [0.4, 0.5) is 0 Å². The maximum atomic E-state index is 4.98. The molecule has 0 fully saturated rings. The van der Waals surface area contributed by atoms with E-state index in [0.29, 0.717) is 0 Å². The highest BCUT2D eigenvalue weighted by Gasteiger charge is 2.37. The van der Waals surface area contributed by atoms with Crippen molar-refractivity contribution in [1.82, 2.24) is 9.55 Å². The lowest BCUT2D eigenvalue weighted by atomic mass is 9.80. The molecular formula is C56H42N2. The molecule has 58 heavy (non-hydrogen) atoms. The molecule has 9 aromatic carbocycles. The number of benzene rings is 9. The Morgan fingerprint density at radius 2 is 1.03 bits per heavy atom. The van der Waals surface area contributed by atoms with E-state index in [9.17, 15) is 0 Å². The Kier molecular flexibility index (Phi) is 7.84. The van der Waals surface area contributed by atoms with Gasteiger partial charge < -0.3 is 0 Å². The van der Waals surface area contributed by atoms with E-state index in [4.69, 9.17) is 4.98 Å². The summed E-state index contributed by atoms with van der Waals surface area (Å²) in [6.07, 6.45) is 0.854. The van der Waals surface area contributed by atoms with Crippen LogP contribution in [-0.2, 0) is 11.8 Å². The SMILES string of the molecule is CCc1nc2ccccc2n1-c1cccc(-c2cccc(-c3c4ccccc4c(-c4cccc5c4-c4ccccc4C5(C)C)c4cc(-c5ccccc5)ccc34)c2)c1. The summed E-state index contributed by atoms with van der Waals surface area (Å²) in [4.78, 5) is 4.98. The van der Waals surface area contributed by atoms with Gasteiger partial charge in [-0.25, -0.2) is 4.98 Å². The Balaban J connectivity index is 1.16.